The van der Waals surface area contributed by atoms with Gasteiger partial charge in [-0.1, -0.05) is 0 Å². The van der Waals surface area contributed by atoms with Crippen molar-refractivity contribution >= 4 is 0 Å². The van der Waals surface area contributed by atoms with Crippen LogP contribution in [-0.2, 0) is 19.3 Å². The second kappa shape index (κ2) is 4.66. The van der Waals surface area contributed by atoms with Gasteiger partial charge in [-0.3, -0.25) is 9.97 Å². The standard InChI is InChI=1S/C15H16N2/c1-2-4-14-13(3-1)7-10-17-15(14)11-12-5-8-16-9-6-12/h5-10H,1-4,11H2. The van der Waals surface area contributed by atoms with Crippen molar-refractivity contribution in [3.63, 3.8) is 0 Å². The van der Waals surface area contributed by atoms with Crippen LogP contribution in [0.4, 0.5) is 0 Å². The molecule has 2 aromatic heterocycles. The van der Waals surface area contributed by atoms with Gasteiger partial charge >= 0.3 is 0 Å². The van der Waals surface area contributed by atoms with Crippen molar-refractivity contribution in [3.05, 3.63) is 59.2 Å². The fourth-order valence-corrected chi connectivity index (χ4v) is 2.58. The minimum Gasteiger partial charge on any atom is -0.265 e. The third kappa shape index (κ3) is 2.21. The summed E-state index contributed by atoms with van der Waals surface area (Å²) in [6, 6.07) is 6.33. The lowest BCUT2D eigenvalue weighted by atomic mass is 9.89. The number of hydrogen-bond donors (Lipinski definition) is 0. The van der Waals surface area contributed by atoms with Crippen LogP contribution in [0.1, 0.15) is 35.2 Å². The first-order chi connectivity index (χ1) is 8.43. The first kappa shape index (κ1) is 10.5. The van der Waals surface area contributed by atoms with E-state index < -0.39 is 0 Å². The average molecular weight is 224 g/mol. The van der Waals surface area contributed by atoms with Crippen molar-refractivity contribution in [1.82, 2.24) is 9.97 Å². The molecule has 0 amide bonds. The molecule has 0 aromatic carbocycles. The number of rotatable bonds is 2. The molecule has 0 unspecified atom stereocenters. The van der Waals surface area contributed by atoms with Crippen LogP contribution in [0.2, 0.25) is 0 Å². The molecule has 1 aliphatic rings. The van der Waals surface area contributed by atoms with Crippen LogP contribution in [-0.4, -0.2) is 9.97 Å². The summed E-state index contributed by atoms with van der Waals surface area (Å²) >= 11 is 0. The van der Waals surface area contributed by atoms with Gasteiger partial charge in [0.15, 0.2) is 0 Å². The highest BCUT2D eigenvalue weighted by atomic mass is 14.7. The molecule has 0 aliphatic heterocycles. The van der Waals surface area contributed by atoms with E-state index in [9.17, 15) is 0 Å². The SMILES string of the molecule is c1cc(Cc2nccc3c2CCCC3)ccn1. The Balaban J connectivity index is 1.93. The van der Waals surface area contributed by atoms with Crippen molar-refractivity contribution in [3.8, 4) is 0 Å². The second-order valence-electron chi connectivity index (χ2n) is 4.63. The Morgan fingerprint density at radius 2 is 1.76 bits per heavy atom. The molecule has 0 saturated heterocycles. The van der Waals surface area contributed by atoms with E-state index in [1.54, 1.807) is 0 Å². The lowest BCUT2D eigenvalue weighted by Gasteiger charge is -2.18. The number of aromatic nitrogens is 2. The van der Waals surface area contributed by atoms with Gasteiger partial charge in [0.05, 0.1) is 0 Å². The number of pyridine rings is 2. The van der Waals surface area contributed by atoms with Crippen molar-refractivity contribution in [2.75, 3.05) is 0 Å². The molecule has 86 valence electrons. The molecule has 1 aliphatic carbocycles. The molecule has 2 heteroatoms. The summed E-state index contributed by atoms with van der Waals surface area (Å²) in [5, 5.41) is 0. The van der Waals surface area contributed by atoms with Gasteiger partial charge in [-0.25, -0.2) is 0 Å². The fourth-order valence-electron chi connectivity index (χ4n) is 2.58. The number of nitrogens with zero attached hydrogens (tertiary/aromatic N) is 2. The highest BCUT2D eigenvalue weighted by molar-refractivity contribution is 5.35. The minimum absolute atomic E-state index is 0.936. The van der Waals surface area contributed by atoms with Crippen LogP contribution in [0.15, 0.2) is 36.8 Å². The predicted molar refractivity (Wildman–Crippen MR) is 67.9 cm³/mol. The lowest BCUT2D eigenvalue weighted by Crippen LogP contribution is -2.08. The Hall–Kier alpha value is -1.70. The molecule has 2 nitrogen and oxygen atoms in total. The number of hydrogen-bond acceptors (Lipinski definition) is 2. The maximum atomic E-state index is 4.57. The van der Waals surface area contributed by atoms with Crippen LogP contribution < -0.4 is 0 Å². The van der Waals surface area contributed by atoms with Gasteiger partial charge < -0.3 is 0 Å². The molecule has 17 heavy (non-hydrogen) atoms. The van der Waals surface area contributed by atoms with Crippen LogP contribution in [0, 0.1) is 0 Å². The molecule has 0 atom stereocenters. The molecule has 0 bridgehead atoms. The number of aryl methyl sites for hydroxylation is 1. The normalized spacial score (nSPS) is 14.4. The van der Waals surface area contributed by atoms with Crippen molar-refractivity contribution in [1.29, 1.82) is 0 Å². The zero-order chi connectivity index (χ0) is 11.5. The van der Waals surface area contributed by atoms with E-state index in [-0.39, 0.29) is 0 Å². The third-order valence-electron chi connectivity index (χ3n) is 3.49. The maximum absolute atomic E-state index is 4.57. The highest BCUT2D eigenvalue weighted by Crippen LogP contribution is 2.24. The molecule has 0 spiro atoms. The first-order valence-electron chi connectivity index (χ1n) is 6.28. The van der Waals surface area contributed by atoms with Gasteiger partial charge in [0.25, 0.3) is 0 Å². The monoisotopic (exact) mass is 224 g/mol. The zero-order valence-electron chi connectivity index (χ0n) is 9.89. The summed E-state index contributed by atoms with van der Waals surface area (Å²) in [5.41, 5.74) is 5.56. The van der Waals surface area contributed by atoms with Gasteiger partial charge in [-0.2, -0.15) is 0 Å². The van der Waals surface area contributed by atoms with Gasteiger partial charge in [0, 0.05) is 30.7 Å². The van der Waals surface area contributed by atoms with E-state index in [1.807, 2.05) is 18.6 Å². The summed E-state index contributed by atoms with van der Waals surface area (Å²) in [5.74, 6) is 0. The third-order valence-corrected chi connectivity index (χ3v) is 3.49. The van der Waals surface area contributed by atoms with E-state index >= 15 is 0 Å². The van der Waals surface area contributed by atoms with Crippen LogP contribution in [0.25, 0.3) is 0 Å². The zero-order valence-corrected chi connectivity index (χ0v) is 9.89. The van der Waals surface area contributed by atoms with Crippen molar-refractivity contribution in [2.24, 2.45) is 0 Å². The molecule has 0 saturated carbocycles. The summed E-state index contributed by atoms with van der Waals surface area (Å²) in [6.07, 6.45) is 11.7. The maximum Gasteiger partial charge on any atom is 0.0482 e. The van der Waals surface area contributed by atoms with Crippen LogP contribution in [0.5, 0.6) is 0 Å². The van der Waals surface area contributed by atoms with E-state index in [0.29, 0.717) is 0 Å². The number of fused-ring (bicyclic) bond motifs is 1. The topological polar surface area (TPSA) is 25.8 Å². The van der Waals surface area contributed by atoms with Crippen LogP contribution in [0.3, 0.4) is 0 Å². The largest absolute Gasteiger partial charge is 0.265 e. The van der Waals surface area contributed by atoms with Gasteiger partial charge in [0.1, 0.15) is 0 Å². The van der Waals surface area contributed by atoms with Gasteiger partial charge in [0.2, 0.25) is 0 Å². The smallest absolute Gasteiger partial charge is 0.0482 e. The fraction of sp³-hybridized carbons (Fsp3) is 0.333. The molecular formula is C15H16N2. The van der Waals surface area contributed by atoms with Crippen molar-refractivity contribution in [2.45, 2.75) is 32.1 Å². The Labute approximate surface area is 102 Å². The molecule has 3 rings (SSSR count). The summed E-state index contributed by atoms with van der Waals surface area (Å²) in [6.45, 7) is 0. The van der Waals surface area contributed by atoms with Crippen LogP contribution >= 0.6 is 0 Å². The summed E-state index contributed by atoms with van der Waals surface area (Å²) in [4.78, 5) is 8.62. The molecule has 0 radical (unpaired) electrons. The highest BCUT2D eigenvalue weighted by Gasteiger charge is 2.13. The van der Waals surface area contributed by atoms with E-state index in [4.69, 9.17) is 0 Å². The summed E-state index contributed by atoms with van der Waals surface area (Å²) in [7, 11) is 0. The van der Waals surface area contributed by atoms with E-state index in [1.165, 1.54) is 48.1 Å². The molecule has 0 fully saturated rings. The Bertz CT molecular complexity index is 506. The Kier molecular flexibility index (Phi) is 2.87. The quantitative estimate of drug-likeness (QED) is 0.783. The van der Waals surface area contributed by atoms with E-state index in [2.05, 4.69) is 28.2 Å². The first-order valence-corrected chi connectivity index (χ1v) is 6.28. The Morgan fingerprint density at radius 3 is 2.65 bits per heavy atom. The Morgan fingerprint density at radius 1 is 0.941 bits per heavy atom. The predicted octanol–water partition coefficient (Wildman–Crippen LogP) is 2.95. The minimum atomic E-state index is 0.936. The molecule has 0 N–H and O–H groups in total. The van der Waals surface area contributed by atoms with E-state index in [0.717, 1.165) is 6.42 Å². The summed E-state index contributed by atoms with van der Waals surface area (Å²) < 4.78 is 0. The second-order valence-corrected chi connectivity index (χ2v) is 4.63. The lowest BCUT2D eigenvalue weighted by molar-refractivity contribution is 0.674. The molecular weight excluding hydrogens is 208 g/mol. The van der Waals surface area contributed by atoms with Gasteiger partial charge in [-0.05, 0) is 60.6 Å². The van der Waals surface area contributed by atoms with Gasteiger partial charge in [-0.15, -0.1) is 0 Å². The molecule has 2 aromatic rings. The molecule has 2 heterocycles. The van der Waals surface area contributed by atoms with Crippen molar-refractivity contribution < 1.29 is 0 Å². The average Bonchev–Trinajstić information content (AvgIpc) is 2.40.